The second-order valence-corrected chi connectivity index (χ2v) is 6.49. The van der Waals surface area contributed by atoms with Crippen molar-refractivity contribution in [2.24, 2.45) is 0 Å². The summed E-state index contributed by atoms with van der Waals surface area (Å²) in [4.78, 5) is 14.9. The molecule has 4 rings (SSSR count). The maximum absolute atomic E-state index is 13.9. The first kappa shape index (κ1) is 18.1. The van der Waals surface area contributed by atoms with Crippen molar-refractivity contribution in [3.63, 3.8) is 0 Å². The van der Waals surface area contributed by atoms with Gasteiger partial charge in [0, 0.05) is 25.4 Å². The summed E-state index contributed by atoms with van der Waals surface area (Å²) in [6.45, 7) is 1.48. The SMILES string of the molecule is OC1CCN(c2cc(Nc3cccnc3Oc3ccccc3F)ncn2)CC1. The molecular weight excluding hydrogens is 361 g/mol. The Labute approximate surface area is 161 Å². The number of halogens is 1. The molecule has 0 atom stereocenters. The van der Waals surface area contributed by atoms with E-state index in [0.29, 0.717) is 11.5 Å². The Morgan fingerprint density at radius 2 is 1.89 bits per heavy atom. The number of nitrogens with one attached hydrogen (secondary N) is 1. The predicted molar refractivity (Wildman–Crippen MR) is 103 cm³/mol. The van der Waals surface area contributed by atoms with Crippen molar-refractivity contribution in [1.82, 2.24) is 15.0 Å². The summed E-state index contributed by atoms with van der Waals surface area (Å²) in [6.07, 6.45) is 4.25. The van der Waals surface area contributed by atoms with Crippen molar-refractivity contribution in [3.8, 4) is 11.6 Å². The van der Waals surface area contributed by atoms with Crippen molar-refractivity contribution < 1.29 is 14.2 Å². The number of para-hydroxylation sites is 1. The molecular formula is C20H20FN5O2. The molecule has 1 aliphatic rings. The smallest absolute Gasteiger partial charge is 0.243 e. The molecule has 2 aromatic heterocycles. The molecule has 2 N–H and O–H groups in total. The summed E-state index contributed by atoms with van der Waals surface area (Å²) in [7, 11) is 0. The number of anilines is 3. The van der Waals surface area contributed by atoms with Crippen molar-refractivity contribution in [2.45, 2.75) is 18.9 Å². The zero-order valence-corrected chi connectivity index (χ0v) is 15.1. The van der Waals surface area contributed by atoms with Gasteiger partial charge in [0.25, 0.3) is 0 Å². The number of pyridine rings is 1. The third kappa shape index (κ3) is 4.17. The second kappa shape index (κ2) is 8.18. The molecule has 1 fully saturated rings. The molecule has 0 bridgehead atoms. The molecule has 1 aliphatic heterocycles. The van der Waals surface area contributed by atoms with Crippen molar-refractivity contribution in [3.05, 3.63) is 60.8 Å². The highest BCUT2D eigenvalue weighted by Gasteiger charge is 2.19. The molecule has 28 heavy (non-hydrogen) atoms. The number of benzene rings is 1. The third-order valence-electron chi connectivity index (χ3n) is 4.52. The molecule has 7 nitrogen and oxygen atoms in total. The van der Waals surface area contributed by atoms with E-state index >= 15 is 0 Å². The molecule has 3 aromatic rings. The van der Waals surface area contributed by atoms with Crippen LogP contribution in [0.4, 0.5) is 21.7 Å². The van der Waals surface area contributed by atoms with E-state index in [2.05, 4.69) is 25.2 Å². The van der Waals surface area contributed by atoms with Gasteiger partial charge < -0.3 is 20.1 Å². The van der Waals surface area contributed by atoms with E-state index in [1.807, 2.05) is 6.07 Å². The summed E-state index contributed by atoms with van der Waals surface area (Å²) >= 11 is 0. The van der Waals surface area contributed by atoms with Crippen LogP contribution < -0.4 is 15.0 Å². The Hall–Kier alpha value is -3.26. The molecule has 0 amide bonds. The topological polar surface area (TPSA) is 83.4 Å². The quantitative estimate of drug-likeness (QED) is 0.700. The van der Waals surface area contributed by atoms with Crippen LogP contribution in [-0.2, 0) is 0 Å². The van der Waals surface area contributed by atoms with Gasteiger partial charge in [-0.05, 0) is 37.1 Å². The molecule has 0 saturated carbocycles. The van der Waals surface area contributed by atoms with Crippen LogP contribution in [0, 0.1) is 5.82 Å². The second-order valence-electron chi connectivity index (χ2n) is 6.49. The number of aromatic nitrogens is 3. The lowest BCUT2D eigenvalue weighted by molar-refractivity contribution is 0.145. The first-order valence-electron chi connectivity index (χ1n) is 9.08. The first-order valence-corrected chi connectivity index (χ1v) is 9.08. The lowest BCUT2D eigenvalue weighted by atomic mass is 10.1. The van der Waals surface area contributed by atoms with E-state index in [1.54, 1.807) is 36.5 Å². The lowest BCUT2D eigenvalue weighted by Gasteiger charge is -2.30. The molecule has 0 aliphatic carbocycles. The summed E-state index contributed by atoms with van der Waals surface area (Å²) in [5.41, 5.74) is 0.560. The van der Waals surface area contributed by atoms with Gasteiger partial charge in [0.1, 0.15) is 23.7 Å². The van der Waals surface area contributed by atoms with Crippen LogP contribution in [0.25, 0.3) is 0 Å². The number of hydrogen-bond donors (Lipinski definition) is 2. The minimum atomic E-state index is -0.462. The zero-order chi connectivity index (χ0) is 19.3. The summed E-state index contributed by atoms with van der Waals surface area (Å²) in [5.74, 6) is 1.23. The van der Waals surface area contributed by atoms with Gasteiger partial charge in [0.05, 0.1) is 6.10 Å². The maximum Gasteiger partial charge on any atom is 0.243 e. The van der Waals surface area contributed by atoms with Crippen LogP contribution in [-0.4, -0.2) is 39.3 Å². The van der Waals surface area contributed by atoms with Crippen LogP contribution in [0.3, 0.4) is 0 Å². The standard InChI is InChI=1S/C20H20FN5O2/c21-15-4-1-2-6-17(15)28-20-16(5-3-9-22-20)25-18-12-19(24-13-23-18)26-10-7-14(27)8-11-26/h1-6,9,12-14,27H,7-8,10-11H2,(H,23,24,25). The zero-order valence-electron chi connectivity index (χ0n) is 15.1. The van der Waals surface area contributed by atoms with Crippen molar-refractivity contribution in [1.29, 1.82) is 0 Å². The van der Waals surface area contributed by atoms with Gasteiger partial charge in [-0.25, -0.2) is 19.3 Å². The average molecular weight is 381 g/mol. The fourth-order valence-corrected chi connectivity index (χ4v) is 3.02. The molecule has 0 unspecified atom stereocenters. The van der Waals surface area contributed by atoms with E-state index in [9.17, 15) is 9.50 Å². The Morgan fingerprint density at radius 3 is 2.71 bits per heavy atom. The normalized spacial score (nSPS) is 14.7. The van der Waals surface area contributed by atoms with E-state index in [4.69, 9.17) is 4.74 Å². The Morgan fingerprint density at radius 1 is 1.07 bits per heavy atom. The van der Waals surface area contributed by atoms with Crippen LogP contribution in [0.1, 0.15) is 12.8 Å². The highest BCUT2D eigenvalue weighted by atomic mass is 19.1. The van der Waals surface area contributed by atoms with Gasteiger partial charge in [-0.1, -0.05) is 12.1 Å². The number of piperidine rings is 1. The van der Waals surface area contributed by atoms with Crippen molar-refractivity contribution in [2.75, 3.05) is 23.3 Å². The van der Waals surface area contributed by atoms with Crippen LogP contribution in [0.2, 0.25) is 0 Å². The minimum Gasteiger partial charge on any atom is -0.434 e. The summed E-state index contributed by atoms with van der Waals surface area (Å²) in [6, 6.07) is 11.5. The number of aliphatic hydroxyl groups is 1. The number of hydrogen-bond acceptors (Lipinski definition) is 7. The van der Waals surface area contributed by atoms with Gasteiger partial charge in [0.15, 0.2) is 11.6 Å². The van der Waals surface area contributed by atoms with Gasteiger partial charge in [-0.15, -0.1) is 0 Å². The minimum absolute atomic E-state index is 0.0968. The molecule has 0 spiro atoms. The number of nitrogens with zero attached hydrogens (tertiary/aromatic N) is 4. The molecule has 1 aromatic carbocycles. The molecule has 1 saturated heterocycles. The lowest BCUT2D eigenvalue weighted by Crippen LogP contribution is -2.36. The average Bonchev–Trinajstić information content (AvgIpc) is 2.72. The van der Waals surface area contributed by atoms with Gasteiger partial charge >= 0.3 is 0 Å². The maximum atomic E-state index is 13.9. The van der Waals surface area contributed by atoms with Crippen LogP contribution >= 0.6 is 0 Å². The van der Waals surface area contributed by atoms with Gasteiger partial charge in [0.2, 0.25) is 5.88 Å². The fraction of sp³-hybridized carbons (Fsp3) is 0.250. The van der Waals surface area contributed by atoms with Gasteiger partial charge in [-0.3, -0.25) is 0 Å². The first-order chi connectivity index (χ1) is 13.7. The van der Waals surface area contributed by atoms with E-state index < -0.39 is 5.82 Å². The van der Waals surface area contributed by atoms with E-state index in [-0.39, 0.29) is 17.7 Å². The monoisotopic (exact) mass is 381 g/mol. The Kier molecular flexibility index (Phi) is 5.29. The predicted octanol–water partition coefficient (Wildman–Crippen LogP) is 3.51. The van der Waals surface area contributed by atoms with E-state index in [0.717, 1.165) is 31.7 Å². The largest absolute Gasteiger partial charge is 0.434 e. The summed E-state index contributed by atoms with van der Waals surface area (Å²) in [5, 5.41) is 12.8. The van der Waals surface area contributed by atoms with Crippen molar-refractivity contribution >= 4 is 17.3 Å². The number of aliphatic hydroxyl groups excluding tert-OH is 1. The third-order valence-corrected chi connectivity index (χ3v) is 4.52. The molecule has 0 radical (unpaired) electrons. The van der Waals surface area contributed by atoms with Crippen LogP contribution in [0.5, 0.6) is 11.6 Å². The highest BCUT2D eigenvalue weighted by Crippen LogP contribution is 2.30. The molecule has 3 heterocycles. The van der Waals surface area contributed by atoms with E-state index in [1.165, 1.54) is 12.4 Å². The fourth-order valence-electron chi connectivity index (χ4n) is 3.02. The van der Waals surface area contributed by atoms with Crippen LogP contribution in [0.15, 0.2) is 55.0 Å². The van der Waals surface area contributed by atoms with Gasteiger partial charge in [-0.2, -0.15) is 0 Å². The highest BCUT2D eigenvalue weighted by molar-refractivity contribution is 5.64. The Balaban J connectivity index is 1.53. The molecule has 144 valence electrons. The number of ether oxygens (including phenoxy) is 1. The number of rotatable bonds is 5. The molecule has 8 heteroatoms. The summed E-state index contributed by atoms with van der Waals surface area (Å²) < 4.78 is 19.5. The Bertz CT molecular complexity index is 947.